The quantitative estimate of drug-likeness (QED) is 0.145. The van der Waals surface area contributed by atoms with Gasteiger partial charge in [-0.25, -0.2) is 48.7 Å². The highest BCUT2D eigenvalue weighted by atomic mass is 19.4. The molecule has 0 atom stereocenters. The molecule has 0 saturated heterocycles. The molecule has 0 aliphatic carbocycles. The molecule has 12 rings (SSSR count). The van der Waals surface area contributed by atoms with Crippen molar-refractivity contribution in [3.05, 3.63) is 194 Å². The van der Waals surface area contributed by atoms with Gasteiger partial charge in [0.1, 0.15) is 11.6 Å². The molecule has 0 amide bonds. The van der Waals surface area contributed by atoms with Gasteiger partial charge in [-0.05, 0) is 121 Å². The lowest BCUT2D eigenvalue weighted by Crippen LogP contribution is -2.13. The van der Waals surface area contributed by atoms with Crippen molar-refractivity contribution in [1.82, 2.24) is 49.0 Å². The van der Waals surface area contributed by atoms with Gasteiger partial charge in [0.25, 0.3) is 0 Å². The summed E-state index contributed by atoms with van der Waals surface area (Å²) in [6, 6.07) is 34.3. The van der Waals surface area contributed by atoms with Crippen LogP contribution in [0.4, 0.5) is 22.0 Å². The van der Waals surface area contributed by atoms with Gasteiger partial charge in [0.15, 0.2) is 23.3 Å². The van der Waals surface area contributed by atoms with Gasteiger partial charge in [-0.15, -0.1) is 0 Å². The molecule has 0 saturated carbocycles. The van der Waals surface area contributed by atoms with E-state index in [0.29, 0.717) is 89.2 Å². The van der Waals surface area contributed by atoms with E-state index in [1.807, 2.05) is 77.4 Å². The summed E-state index contributed by atoms with van der Waals surface area (Å²) in [7, 11) is 0. The van der Waals surface area contributed by atoms with Crippen molar-refractivity contribution >= 4 is 43.6 Å². The molecule has 326 valence electrons. The maximum atomic E-state index is 16.0. The first-order valence-corrected chi connectivity index (χ1v) is 21.2. The Kier molecular flexibility index (Phi) is 9.39. The van der Waals surface area contributed by atoms with E-state index >= 15 is 22.0 Å². The number of hydrogen-bond donors (Lipinski definition) is 0. The minimum absolute atomic E-state index is 0.0648. The minimum Gasteiger partial charge on any atom is -0.307 e. The maximum absolute atomic E-state index is 16.0. The second kappa shape index (κ2) is 15.8. The topological polar surface area (TPSA) is 113 Å². The molecule has 6 aromatic carbocycles. The van der Waals surface area contributed by atoms with Crippen LogP contribution in [-0.2, 0) is 6.18 Å². The van der Waals surface area contributed by atoms with Crippen molar-refractivity contribution in [2.24, 2.45) is 0 Å². The lowest BCUT2D eigenvalue weighted by Gasteiger charge is -2.22. The summed E-state index contributed by atoms with van der Waals surface area (Å²) in [6.07, 6.45) is 7.97. The number of halogens is 5. The molecule has 6 aromatic heterocycles. The van der Waals surface area contributed by atoms with Crippen molar-refractivity contribution in [3.8, 4) is 68.1 Å². The first-order chi connectivity index (χ1) is 33.2. The summed E-state index contributed by atoms with van der Waals surface area (Å²) in [6.45, 7) is 0. The molecule has 6 heterocycles. The zero-order chi connectivity index (χ0) is 46.1. The fourth-order valence-electron chi connectivity index (χ4n) is 9.05. The highest BCUT2D eigenvalue weighted by Gasteiger charge is 2.37. The van der Waals surface area contributed by atoms with Gasteiger partial charge in [0, 0.05) is 98.9 Å². The molecular weight excluding hydrogens is 872 g/mol. The van der Waals surface area contributed by atoms with Crippen LogP contribution in [0.2, 0.25) is 0 Å². The predicted molar refractivity (Wildman–Crippen MR) is 250 cm³/mol. The molecule has 0 fully saturated rings. The molecule has 0 radical (unpaired) electrons. The highest BCUT2D eigenvalue weighted by Crippen LogP contribution is 2.47. The van der Waals surface area contributed by atoms with Gasteiger partial charge in [-0.1, -0.05) is 6.07 Å². The largest absolute Gasteiger partial charge is 0.417 e. The van der Waals surface area contributed by atoms with Crippen LogP contribution in [0.5, 0.6) is 0 Å². The number of nitrogens with zero attached hydrogens (tertiary/aromatic N) is 10. The summed E-state index contributed by atoms with van der Waals surface area (Å²) in [4.78, 5) is 35.8. The lowest BCUT2D eigenvalue weighted by atomic mass is 9.96. The number of aromatic nitrogens is 10. The number of alkyl halides is 3. The van der Waals surface area contributed by atoms with E-state index in [1.165, 1.54) is 6.07 Å². The van der Waals surface area contributed by atoms with E-state index in [9.17, 15) is 0 Å². The maximum Gasteiger partial charge on any atom is 0.417 e. The minimum atomic E-state index is -5.08. The average Bonchev–Trinajstić information content (AvgIpc) is 3.88. The Morgan fingerprint density at radius 1 is 0.353 bits per heavy atom. The molecule has 10 nitrogen and oxygen atoms in total. The molecule has 0 spiro atoms. The fourth-order valence-corrected chi connectivity index (χ4v) is 9.05. The van der Waals surface area contributed by atoms with E-state index in [4.69, 9.17) is 0 Å². The van der Waals surface area contributed by atoms with Gasteiger partial charge in [-0.2, -0.15) is 13.2 Å². The lowest BCUT2D eigenvalue weighted by molar-refractivity contribution is -0.137. The van der Waals surface area contributed by atoms with Crippen LogP contribution in [0.1, 0.15) is 5.56 Å². The van der Waals surface area contributed by atoms with Crippen molar-refractivity contribution in [2.75, 3.05) is 0 Å². The van der Waals surface area contributed by atoms with Crippen LogP contribution in [0, 0.1) is 11.6 Å². The fraction of sp³-hybridized carbons (Fsp3) is 0.0189. The van der Waals surface area contributed by atoms with E-state index in [2.05, 4.69) is 39.9 Å². The Hall–Kier alpha value is -9.11. The zero-order valence-corrected chi connectivity index (χ0v) is 35.1. The van der Waals surface area contributed by atoms with Gasteiger partial charge in [0.2, 0.25) is 0 Å². The number of hydrogen-bond acceptors (Lipinski definition) is 8. The van der Waals surface area contributed by atoms with Crippen molar-refractivity contribution in [1.29, 1.82) is 0 Å². The van der Waals surface area contributed by atoms with Crippen molar-refractivity contribution < 1.29 is 22.0 Å². The third-order valence-corrected chi connectivity index (χ3v) is 12.0. The monoisotopic (exact) mass is 900 g/mol. The summed E-state index contributed by atoms with van der Waals surface area (Å²) >= 11 is 0. The Morgan fingerprint density at radius 3 is 0.971 bits per heavy atom. The van der Waals surface area contributed by atoms with Gasteiger partial charge >= 0.3 is 6.18 Å². The van der Waals surface area contributed by atoms with Crippen LogP contribution in [0.3, 0.4) is 0 Å². The Morgan fingerprint density at radius 2 is 0.662 bits per heavy atom. The smallest absolute Gasteiger partial charge is 0.307 e. The molecule has 0 aliphatic heterocycles. The number of rotatable bonds is 7. The molecule has 0 unspecified atom stereocenters. The SMILES string of the molecule is Fc1cccc(F)c1-c1cc(-n2c3ccc(-c4ncccn4)cc3c3cc(-c4ncccn4)ccc32)c(-n2c3ccc(-c4ncccn4)cc3c3cc(-c4ncccn4)ccc32)cc1C(F)(F)F. The summed E-state index contributed by atoms with van der Waals surface area (Å²) in [5.74, 6) is -0.508. The molecule has 68 heavy (non-hydrogen) atoms. The third-order valence-electron chi connectivity index (χ3n) is 12.0. The van der Waals surface area contributed by atoms with E-state index < -0.39 is 34.5 Å². The first-order valence-electron chi connectivity index (χ1n) is 21.2. The Labute approximate surface area is 381 Å². The van der Waals surface area contributed by atoms with Crippen LogP contribution in [0.15, 0.2) is 177 Å². The molecular formula is C53H29F5N10. The second-order valence-electron chi connectivity index (χ2n) is 15.9. The van der Waals surface area contributed by atoms with Crippen molar-refractivity contribution in [2.45, 2.75) is 6.18 Å². The second-order valence-corrected chi connectivity index (χ2v) is 15.9. The summed E-state index contributed by atoms with van der Waals surface area (Å²) in [5, 5.41) is 2.70. The first kappa shape index (κ1) is 40.4. The highest BCUT2D eigenvalue weighted by molar-refractivity contribution is 6.14. The van der Waals surface area contributed by atoms with Crippen LogP contribution in [-0.4, -0.2) is 49.0 Å². The summed E-state index contributed by atoms with van der Waals surface area (Å²) in [5.41, 5.74) is 2.39. The zero-order valence-electron chi connectivity index (χ0n) is 35.1. The van der Waals surface area contributed by atoms with Crippen molar-refractivity contribution in [3.63, 3.8) is 0 Å². The van der Waals surface area contributed by atoms with E-state index in [1.54, 1.807) is 78.4 Å². The predicted octanol–water partition coefficient (Wildman–Crippen LogP) is 12.7. The van der Waals surface area contributed by atoms with Gasteiger partial charge < -0.3 is 9.13 Å². The molecule has 0 bridgehead atoms. The molecule has 12 aromatic rings. The van der Waals surface area contributed by atoms with Crippen LogP contribution < -0.4 is 0 Å². The number of fused-ring (bicyclic) bond motifs is 6. The van der Waals surface area contributed by atoms with E-state index in [-0.39, 0.29) is 11.4 Å². The van der Waals surface area contributed by atoms with Crippen LogP contribution >= 0.6 is 0 Å². The summed E-state index contributed by atoms with van der Waals surface area (Å²) < 4.78 is 82.9. The van der Waals surface area contributed by atoms with E-state index in [0.717, 1.165) is 24.3 Å². The Balaban J connectivity index is 1.24. The normalized spacial score (nSPS) is 11.9. The van der Waals surface area contributed by atoms with Gasteiger partial charge in [0.05, 0.1) is 44.6 Å². The molecule has 0 aliphatic rings. The number of benzene rings is 6. The van der Waals surface area contributed by atoms with Gasteiger partial charge in [-0.3, -0.25) is 0 Å². The Bertz CT molecular complexity index is 3700. The standard InChI is InChI=1S/C53H29F5N10/c54-40-6-1-7-41(55)48(40)38-28-46(67-42-12-8-30(49-59-16-2-17-60-49)24-34(42)35-25-31(9-13-43(35)67)50-61-18-3-19-62-50)47(29-39(38)53(56,57)58)68-44-14-10-32(51-63-20-4-21-64-51)26-36(44)37-27-33(11-15-45(37)68)52-65-22-5-23-66-52/h1-29H. The molecule has 0 N–H and O–H groups in total. The average molecular weight is 901 g/mol. The van der Waals surface area contributed by atoms with Crippen LogP contribution in [0.25, 0.3) is 112 Å². The third kappa shape index (κ3) is 6.70. The molecule has 15 heteroatoms.